The minimum absolute atomic E-state index is 0.122. The van der Waals surface area contributed by atoms with Gasteiger partial charge in [0.2, 0.25) is 0 Å². The summed E-state index contributed by atoms with van der Waals surface area (Å²) >= 11 is 0. The van der Waals surface area contributed by atoms with Crippen LogP contribution in [0, 0.1) is 20.8 Å². The molecule has 190 valence electrons. The number of hydrogen-bond acceptors (Lipinski definition) is 5. The van der Waals surface area contributed by atoms with Gasteiger partial charge in [-0.2, -0.15) is 5.10 Å². The minimum Gasteiger partial charge on any atom is -0.372 e. The molecule has 3 aromatic rings. The third kappa shape index (κ3) is 6.73. The third-order valence-corrected chi connectivity index (χ3v) is 7.60. The fourth-order valence-corrected chi connectivity index (χ4v) is 5.36. The number of carbonyl (C=O) groups excluding carboxylic acids is 1. The monoisotopic (exact) mass is 506 g/mol. The Morgan fingerprint density at radius 1 is 0.833 bits per heavy atom. The number of nitrogens with one attached hydrogen (secondary N) is 1. The molecule has 3 rings (SSSR count). The summed E-state index contributed by atoms with van der Waals surface area (Å²) in [7, 11) is -3.98. The number of carbonyl (C=O) groups is 1. The van der Waals surface area contributed by atoms with Crippen molar-refractivity contribution in [2.45, 2.75) is 39.5 Å². The molecule has 0 aliphatic heterocycles. The number of sulfonamides is 1. The number of rotatable bonds is 10. The average molecular weight is 507 g/mol. The van der Waals surface area contributed by atoms with E-state index in [1.54, 1.807) is 42.6 Å². The van der Waals surface area contributed by atoms with Crippen LogP contribution in [-0.4, -0.2) is 40.2 Å². The van der Waals surface area contributed by atoms with E-state index in [9.17, 15) is 13.2 Å². The average Bonchev–Trinajstić information content (AvgIpc) is 2.84. The maximum Gasteiger partial charge on any atom is 0.264 e. The second kappa shape index (κ2) is 11.9. The zero-order valence-electron chi connectivity index (χ0n) is 21.5. The Kier molecular flexibility index (Phi) is 8.88. The highest BCUT2D eigenvalue weighted by Gasteiger charge is 2.27. The van der Waals surface area contributed by atoms with E-state index in [2.05, 4.69) is 29.3 Å². The summed E-state index contributed by atoms with van der Waals surface area (Å²) in [6.45, 7) is 11.3. The van der Waals surface area contributed by atoms with E-state index in [4.69, 9.17) is 0 Å². The topological polar surface area (TPSA) is 82.1 Å². The Bertz CT molecular complexity index is 1290. The fourth-order valence-electron chi connectivity index (χ4n) is 3.95. The predicted molar refractivity (Wildman–Crippen MR) is 147 cm³/mol. The summed E-state index contributed by atoms with van der Waals surface area (Å²) in [6.07, 6.45) is 1.54. The Labute approximate surface area is 214 Å². The van der Waals surface area contributed by atoms with Crippen LogP contribution in [-0.2, 0) is 14.8 Å². The van der Waals surface area contributed by atoms with Crippen molar-refractivity contribution in [1.82, 2.24) is 5.43 Å². The molecule has 36 heavy (non-hydrogen) atoms. The Hall–Kier alpha value is -3.65. The van der Waals surface area contributed by atoms with Crippen molar-refractivity contribution < 1.29 is 13.2 Å². The predicted octanol–water partition coefficient (Wildman–Crippen LogP) is 4.80. The van der Waals surface area contributed by atoms with Gasteiger partial charge in [0.15, 0.2) is 0 Å². The van der Waals surface area contributed by atoms with E-state index in [-0.39, 0.29) is 4.90 Å². The summed E-state index contributed by atoms with van der Waals surface area (Å²) < 4.78 is 28.2. The van der Waals surface area contributed by atoms with Crippen molar-refractivity contribution in [2.24, 2.45) is 5.10 Å². The molecule has 0 saturated carbocycles. The van der Waals surface area contributed by atoms with Gasteiger partial charge in [-0.05, 0) is 87.7 Å². The lowest BCUT2D eigenvalue weighted by Gasteiger charge is -2.24. The second-order valence-electron chi connectivity index (χ2n) is 8.73. The van der Waals surface area contributed by atoms with Crippen molar-refractivity contribution in [3.8, 4) is 0 Å². The van der Waals surface area contributed by atoms with Crippen LogP contribution in [0.15, 0.2) is 76.7 Å². The van der Waals surface area contributed by atoms with Crippen LogP contribution in [0.2, 0.25) is 0 Å². The minimum atomic E-state index is -3.98. The first kappa shape index (κ1) is 26.9. The number of hydrogen-bond donors (Lipinski definition) is 1. The molecule has 8 heteroatoms. The van der Waals surface area contributed by atoms with Gasteiger partial charge in [-0.3, -0.25) is 9.10 Å². The highest BCUT2D eigenvalue weighted by atomic mass is 32.2. The third-order valence-electron chi connectivity index (χ3n) is 5.82. The number of aryl methyl sites for hydroxylation is 3. The lowest BCUT2D eigenvalue weighted by Crippen LogP contribution is -2.39. The Balaban J connectivity index is 1.80. The van der Waals surface area contributed by atoms with Crippen LogP contribution >= 0.6 is 0 Å². The standard InChI is InChI=1S/C28H34N4O3S/c1-6-31(7-2)25-12-10-24(11-13-25)19-29-30-28(33)20-32(26-17-22(4)16-23(5)18-26)36(34,35)27-14-8-21(3)9-15-27/h8-19H,6-7,20H2,1-5H3,(H,30,33)/b29-19-. The molecule has 0 heterocycles. The van der Waals surface area contributed by atoms with Crippen molar-refractivity contribution >= 4 is 33.5 Å². The maximum absolute atomic E-state index is 13.5. The molecule has 0 saturated heterocycles. The summed E-state index contributed by atoms with van der Waals surface area (Å²) in [5, 5.41) is 4.04. The summed E-state index contributed by atoms with van der Waals surface area (Å²) in [4.78, 5) is 15.2. The number of nitrogens with zero attached hydrogens (tertiary/aromatic N) is 3. The van der Waals surface area contributed by atoms with Crippen LogP contribution in [0.4, 0.5) is 11.4 Å². The van der Waals surface area contributed by atoms with Gasteiger partial charge < -0.3 is 4.90 Å². The van der Waals surface area contributed by atoms with E-state index in [0.717, 1.165) is 45.3 Å². The van der Waals surface area contributed by atoms with Gasteiger partial charge in [-0.1, -0.05) is 35.9 Å². The molecule has 0 aromatic heterocycles. The van der Waals surface area contributed by atoms with Gasteiger partial charge in [-0.15, -0.1) is 0 Å². The quantitative estimate of drug-likeness (QED) is 0.316. The molecule has 0 unspecified atom stereocenters. The Morgan fingerprint density at radius 3 is 1.97 bits per heavy atom. The summed E-state index contributed by atoms with van der Waals surface area (Å²) in [6, 6.07) is 19.9. The van der Waals surface area contributed by atoms with E-state index in [1.165, 1.54) is 0 Å². The van der Waals surface area contributed by atoms with Gasteiger partial charge in [0.25, 0.3) is 15.9 Å². The largest absolute Gasteiger partial charge is 0.372 e. The van der Waals surface area contributed by atoms with E-state index in [0.29, 0.717) is 5.69 Å². The van der Waals surface area contributed by atoms with Crippen LogP contribution in [0.5, 0.6) is 0 Å². The number of benzene rings is 3. The molecular formula is C28H34N4O3S. The van der Waals surface area contributed by atoms with Crippen molar-refractivity contribution in [2.75, 3.05) is 28.8 Å². The first-order chi connectivity index (χ1) is 17.1. The van der Waals surface area contributed by atoms with Crippen LogP contribution in [0.3, 0.4) is 0 Å². The zero-order chi connectivity index (χ0) is 26.3. The van der Waals surface area contributed by atoms with E-state index in [1.807, 2.05) is 51.1 Å². The van der Waals surface area contributed by atoms with E-state index < -0.39 is 22.5 Å². The molecule has 0 aliphatic rings. The van der Waals surface area contributed by atoms with Gasteiger partial charge in [0, 0.05) is 18.8 Å². The first-order valence-electron chi connectivity index (χ1n) is 12.0. The van der Waals surface area contributed by atoms with Gasteiger partial charge in [0.1, 0.15) is 6.54 Å². The molecule has 1 amide bonds. The van der Waals surface area contributed by atoms with Crippen molar-refractivity contribution in [3.05, 3.63) is 89.0 Å². The number of anilines is 2. The molecular weight excluding hydrogens is 472 g/mol. The smallest absolute Gasteiger partial charge is 0.264 e. The van der Waals surface area contributed by atoms with Gasteiger partial charge in [-0.25, -0.2) is 13.8 Å². The first-order valence-corrected chi connectivity index (χ1v) is 13.4. The van der Waals surface area contributed by atoms with Crippen molar-refractivity contribution in [1.29, 1.82) is 0 Å². The second-order valence-corrected chi connectivity index (χ2v) is 10.6. The van der Waals surface area contributed by atoms with Crippen LogP contribution in [0.1, 0.15) is 36.1 Å². The molecule has 0 radical (unpaired) electrons. The molecule has 0 atom stereocenters. The van der Waals surface area contributed by atoms with Crippen molar-refractivity contribution in [3.63, 3.8) is 0 Å². The number of amides is 1. The van der Waals surface area contributed by atoms with Gasteiger partial charge >= 0.3 is 0 Å². The maximum atomic E-state index is 13.5. The normalized spacial score (nSPS) is 11.5. The van der Waals surface area contributed by atoms with E-state index >= 15 is 0 Å². The highest BCUT2D eigenvalue weighted by molar-refractivity contribution is 7.92. The molecule has 3 aromatic carbocycles. The van der Waals surface area contributed by atoms with Crippen LogP contribution < -0.4 is 14.6 Å². The molecule has 0 bridgehead atoms. The van der Waals surface area contributed by atoms with Gasteiger partial charge in [0.05, 0.1) is 16.8 Å². The summed E-state index contributed by atoms with van der Waals surface area (Å²) in [5.74, 6) is -0.541. The highest BCUT2D eigenvalue weighted by Crippen LogP contribution is 2.26. The Morgan fingerprint density at radius 2 is 1.42 bits per heavy atom. The fraction of sp³-hybridized carbons (Fsp3) is 0.286. The SMILES string of the molecule is CCN(CC)c1ccc(/C=N\NC(=O)CN(c2cc(C)cc(C)c2)S(=O)(=O)c2ccc(C)cc2)cc1. The summed E-state index contributed by atoms with van der Waals surface area (Å²) in [5.41, 5.74) is 7.59. The van der Waals surface area contributed by atoms with Crippen LogP contribution in [0.25, 0.3) is 0 Å². The molecule has 1 N–H and O–H groups in total. The lowest BCUT2D eigenvalue weighted by atomic mass is 10.1. The number of hydrazone groups is 1. The molecule has 7 nitrogen and oxygen atoms in total. The molecule has 0 aliphatic carbocycles. The zero-order valence-corrected chi connectivity index (χ0v) is 22.3. The molecule has 0 fully saturated rings. The molecule has 0 spiro atoms. The lowest BCUT2D eigenvalue weighted by molar-refractivity contribution is -0.119.